The molecule has 2 rings (SSSR count). The van der Waals surface area contributed by atoms with Gasteiger partial charge in [0.25, 0.3) is 0 Å². The number of urea groups is 1. The zero-order valence-electron chi connectivity index (χ0n) is 13.7. The molecule has 0 spiro atoms. The number of rotatable bonds is 6. The third kappa shape index (κ3) is 4.69. The first-order valence-corrected chi connectivity index (χ1v) is 8.77. The van der Waals surface area contributed by atoms with E-state index >= 15 is 0 Å². The number of ether oxygens (including phenoxy) is 1. The molecule has 1 unspecified atom stereocenters. The van der Waals surface area contributed by atoms with Gasteiger partial charge in [-0.3, -0.25) is 0 Å². The number of likely N-dealkylation sites (N-methyl/N-ethyl adjacent to an activating group) is 1. The lowest BCUT2D eigenvalue weighted by Gasteiger charge is -2.42. The second-order valence-electron chi connectivity index (χ2n) is 6.29. The summed E-state index contributed by atoms with van der Waals surface area (Å²) in [5.41, 5.74) is 1.28. The van der Waals surface area contributed by atoms with Crippen LogP contribution in [0.3, 0.4) is 0 Å². The first-order valence-electron chi connectivity index (χ1n) is 7.82. The molecule has 0 bridgehead atoms. The van der Waals surface area contributed by atoms with Crippen LogP contribution in [0.2, 0.25) is 0 Å². The molecule has 0 aromatic carbocycles. The van der Waals surface area contributed by atoms with Gasteiger partial charge in [-0.25, -0.2) is 4.79 Å². The largest absolute Gasteiger partial charge is 0.381 e. The Morgan fingerprint density at radius 2 is 2.18 bits per heavy atom. The molecule has 22 heavy (non-hydrogen) atoms. The van der Waals surface area contributed by atoms with E-state index in [1.807, 2.05) is 6.92 Å². The average Bonchev–Trinajstić information content (AvgIpc) is 2.98. The zero-order valence-corrected chi connectivity index (χ0v) is 14.5. The van der Waals surface area contributed by atoms with Crippen molar-refractivity contribution in [1.29, 1.82) is 0 Å². The maximum atomic E-state index is 12.1. The number of carbonyl (C=O) groups is 1. The van der Waals surface area contributed by atoms with Crippen molar-refractivity contribution in [2.45, 2.75) is 37.8 Å². The highest BCUT2D eigenvalue weighted by Gasteiger charge is 2.35. The van der Waals surface area contributed by atoms with Crippen LogP contribution in [0.4, 0.5) is 4.79 Å². The topological polar surface area (TPSA) is 53.6 Å². The Morgan fingerprint density at radius 3 is 2.77 bits per heavy atom. The molecule has 1 atom stereocenters. The van der Waals surface area contributed by atoms with Crippen molar-refractivity contribution < 1.29 is 9.53 Å². The fraction of sp³-hybridized carbons (Fsp3) is 0.688. The van der Waals surface area contributed by atoms with Crippen molar-refractivity contribution in [2.24, 2.45) is 0 Å². The van der Waals surface area contributed by atoms with Gasteiger partial charge in [-0.1, -0.05) is 0 Å². The smallest absolute Gasteiger partial charge is 0.315 e. The molecule has 2 heterocycles. The Hall–Kier alpha value is -1.11. The first-order chi connectivity index (χ1) is 10.5. The van der Waals surface area contributed by atoms with Crippen LogP contribution < -0.4 is 10.6 Å². The summed E-state index contributed by atoms with van der Waals surface area (Å²) in [7, 11) is 4.15. The number of amides is 2. The van der Waals surface area contributed by atoms with Gasteiger partial charge in [0.05, 0.1) is 0 Å². The molecule has 0 radical (unpaired) electrons. The molecule has 1 aliphatic rings. The molecular weight excluding hydrogens is 298 g/mol. The van der Waals surface area contributed by atoms with E-state index in [1.54, 1.807) is 11.3 Å². The summed E-state index contributed by atoms with van der Waals surface area (Å²) in [6, 6.07) is 2.14. The van der Waals surface area contributed by atoms with Crippen molar-refractivity contribution in [3.63, 3.8) is 0 Å². The van der Waals surface area contributed by atoms with Crippen LogP contribution in [-0.4, -0.2) is 56.4 Å². The minimum Gasteiger partial charge on any atom is -0.381 e. The summed E-state index contributed by atoms with van der Waals surface area (Å²) in [4.78, 5) is 14.3. The molecule has 0 saturated carbocycles. The van der Waals surface area contributed by atoms with Gasteiger partial charge in [-0.15, -0.1) is 0 Å². The molecule has 1 fully saturated rings. The van der Waals surface area contributed by atoms with Crippen molar-refractivity contribution in [3.8, 4) is 0 Å². The monoisotopic (exact) mass is 325 g/mol. The molecule has 6 heteroatoms. The summed E-state index contributed by atoms with van der Waals surface area (Å²) >= 11 is 1.69. The lowest BCUT2D eigenvalue weighted by Crippen LogP contribution is -2.57. The number of nitrogens with zero attached hydrogens (tertiary/aromatic N) is 1. The summed E-state index contributed by atoms with van der Waals surface area (Å²) in [6.07, 6.45) is 2.76. The number of carbonyl (C=O) groups excluding carboxylic acids is 1. The van der Waals surface area contributed by atoms with Crippen LogP contribution in [-0.2, 0) is 11.2 Å². The van der Waals surface area contributed by atoms with E-state index in [-0.39, 0.29) is 17.6 Å². The highest BCUT2D eigenvalue weighted by atomic mass is 32.1. The maximum Gasteiger partial charge on any atom is 0.315 e. The van der Waals surface area contributed by atoms with Crippen LogP contribution in [0.25, 0.3) is 0 Å². The zero-order chi connectivity index (χ0) is 16.0. The second-order valence-corrected chi connectivity index (χ2v) is 7.07. The fourth-order valence-electron chi connectivity index (χ4n) is 2.87. The van der Waals surface area contributed by atoms with Crippen molar-refractivity contribution >= 4 is 17.4 Å². The van der Waals surface area contributed by atoms with Crippen LogP contribution in [0.1, 0.15) is 25.3 Å². The fourth-order valence-corrected chi connectivity index (χ4v) is 3.55. The molecule has 5 nitrogen and oxygen atoms in total. The van der Waals surface area contributed by atoms with Crippen LogP contribution in [0, 0.1) is 0 Å². The van der Waals surface area contributed by atoms with Crippen LogP contribution in [0.5, 0.6) is 0 Å². The average molecular weight is 325 g/mol. The van der Waals surface area contributed by atoms with Crippen LogP contribution in [0.15, 0.2) is 16.8 Å². The maximum absolute atomic E-state index is 12.1. The minimum absolute atomic E-state index is 0.00614. The normalized spacial score (nSPS) is 18.9. The SMILES string of the molecule is CC(Cc1ccsc1)NC(=O)NCC1(N(C)C)CCOCC1. The molecule has 1 aromatic heterocycles. The highest BCUT2D eigenvalue weighted by molar-refractivity contribution is 7.07. The summed E-state index contributed by atoms with van der Waals surface area (Å²) in [6.45, 7) is 4.21. The molecule has 2 amide bonds. The molecule has 1 aliphatic heterocycles. The van der Waals surface area contributed by atoms with E-state index in [2.05, 4.69) is 46.5 Å². The third-order valence-electron chi connectivity index (χ3n) is 4.45. The molecule has 1 aromatic rings. The molecule has 1 saturated heterocycles. The van der Waals surface area contributed by atoms with Gasteiger partial charge in [0, 0.05) is 31.3 Å². The Labute approximate surface area is 137 Å². The quantitative estimate of drug-likeness (QED) is 0.842. The Kier molecular flexibility index (Phi) is 6.23. The van der Waals surface area contributed by atoms with E-state index in [0.717, 1.165) is 32.5 Å². The van der Waals surface area contributed by atoms with Gasteiger partial charge in [0.15, 0.2) is 0 Å². The number of hydrogen-bond donors (Lipinski definition) is 2. The van der Waals surface area contributed by atoms with E-state index in [4.69, 9.17) is 4.74 Å². The Morgan fingerprint density at radius 1 is 1.45 bits per heavy atom. The van der Waals surface area contributed by atoms with E-state index in [1.165, 1.54) is 5.56 Å². The van der Waals surface area contributed by atoms with Gasteiger partial charge < -0.3 is 20.3 Å². The lowest BCUT2D eigenvalue weighted by atomic mass is 9.88. The minimum atomic E-state index is -0.0875. The predicted octanol–water partition coefficient (Wildman–Crippen LogP) is 2.09. The second kappa shape index (κ2) is 7.94. The van der Waals surface area contributed by atoms with Gasteiger partial charge in [-0.2, -0.15) is 11.3 Å². The summed E-state index contributed by atoms with van der Waals surface area (Å²) in [5, 5.41) is 10.2. The van der Waals surface area contributed by atoms with Gasteiger partial charge in [-0.05, 0) is 62.7 Å². The number of hydrogen-bond acceptors (Lipinski definition) is 4. The van der Waals surface area contributed by atoms with E-state index in [9.17, 15) is 4.79 Å². The first kappa shape index (κ1) is 17.2. The summed E-state index contributed by atoms with van der Waals surface area (Å²) < 4.78 is 5.45. The van der Waals surface area contributed by atoms with Crippen molar-refractivity contribution in [1.82, 2.24) is 15.5 Å². The Bertz CT molecular complexity index is 456. The molecule has 2 N–H and O–H groups in total. The lowest BCUT2D eigenvalue weighted by molar-refractivity contribution is -0.00574. The third-order valence-corrected chi connectivity index (χ3v) is 5.18. The number of thiophene rings is 1. The van der Waals surface area contributed by atoms with Gasteiger partial charge >= 0.3 is 6.03 Å². The van der Waals surface area contributed by atoms with Crippen LogP contribution >= 0.6 is 11.3 Å². The predicted molar refractivity (Wildman–Crippen MR) is 90.5 cm³/mol. The Balaban J connectivity index is 1.78. The van der Waals surface area contributed by atoms with Crippen molar-refractivity contribution in [2.75, 3.05) is 33.9 Å². The van der Waals surface area contributed by atoms with E-state index in [0.29, 0.717) is 6.54 Å². The standard InChI is InChI=1S/C16H27N3O2S/c1-13(10-14-4-9-22-11-14)18-15(20)17-12-16(19(2)3)5-7-21-8-6-16/h4,9,11,13H,5-8,10,12H2,1-3H3,(H2,17,18,20). The van der Waals surface area contributed by atoms with E-state index < -0.39 is 0 Å². The van der Waals surface area contributed by atoms with Gasteiger partial charge in [0.1, 0.15) is 0 Å². The molecular formula is C16H27N3O2S. The highest BCUT2D eigenvalue weighted by Crippen LogP contribution is 2.24. The van der Waals surface area contributed by atoms with Crippen molar-refractivity contribution in [3.05, 3.63) is 22.4 Å². The summed E-state index contributed by atoms with van der Waals surface area (Å²) in [5.74, 6) is 0. The molecule has 0 aliphatic carbocycles. The number of nitrogens with one attached hydrogen (secondary N) is 2. The van der Waals surface area contributed by atoms with Gasteiger partial charge in [0.2, 0.25) is 0 Å². The molecule has 124 valence electrons.